The minimum absolute atomic E-state index is 0.136. The van der Waals surface area contributed by atoms with Crippen molar-refractivity contribution in [2.45, 2.75) is 13.0 Å². The first kappa shape index (κ1) is 18.4. The molecule has 0 spiro atoms. The molecule has 2 aromatic carbocycles. The highest BCUT2D eigenvalue weighted by atomic mass is 32.1. The van der Waals surface area contributed by atoms with Crippen molar-refractivity contribution in [1.82, 2.24) is 9.88 Å². The Labute approximate surface area is 174 Å². The summed E-state index contributed by atoms with van der Waals surface area (Å²) in [5.74, 6) is -0.136. The van der Waals surface area contributed by atoms with E-state index in [0.29, 0.717) is 5.69 Å². The van der Waals surface area contributed by atoms with Crippen LogP contribution in [0.1, 0.15) is 22.2 Å². The van der Waals surface area contributed by atoms with E-state index in [2.05, 4.69) is 63.5 Å². The quantitative estimate of drug-likeness (QED) is 0.478. The summed E-state index contributed by atoms with van der Waals surface area (Å²) in [5.41, 5.74) is 4.48. The number of anilines is 1. The Bertz CT molecular complexity index is 1110. The molecule has 148 valence electrons. The minimum atomic E-state index is -0.136. The van der Waals surface area contributed by atoms with Gasteiger partial charge in [0.15, 0.2) is 0 Å². The van der Waals surface area contributed by atoms with Crippen molar-refractivity contribution in [3.8, 4) is 0 Å². The lowest BCUT2D eigenvalue weighted by Gasteiger charge is -2.40. The van der Waals surface area contributed by atoms with Crippen molar-refractivity contribution >= 4 is 27.9 Å². The molecule has 1 N–H and O–H groups in total. The SMILES string of the molecule is Cc1[nH]c2ccccc2c1[C@@H](c1cccs1)N1CCN(c2ccccc2F)CC1. The van der Waals surface area contributed by atoms with Crippen LogP contribution in [-0.2, 0) is 0 Å². The Morgan fingerprint density at radius 2 is 1.69 bits per heavy atom. The molecule has 5 rings (SSSR count). The van der Waals surface area contributed by atoms with Crippen LogP contribution in [-0.4, -0.2) is 36.1 Å². The molecule has 3 nitrogen and oxygen atoms in total. The molecule has 2 aromatic heterocycles. The molecule has 29 heavy (non-hydrogen) atoms. The number of fused-ring (bicyclic) bond motifs is 1. The second-order valence-corrected chi connectivity index (χ2v) is 8.58. The number of halogens is 1. The van der Waals surface area contributed by atoms with Crippen molar-refractivity contribution in [1.29, 1.82) is 0 Å². The van der Waals surface area contributed by atoms with Crippen LogP contribution in [0.4, 0.5) is 10.1 Å². The van der Waals surface area contributed by atoms with Gasteiger partial charge in [-0.05, 0) is 36.6 Å². The van der Waals surface area contributed by atoms with Crippen LogP contribution in [0.25, 0.3) is 10.9 Å². The molecule has 1 aliphatic heterocycles. The van der Waals surface area contributed by atoms with Crippen LogP contribution >= 0.6 is 11.3 Å². The number of piperazine rings is 1. The van der Waals surface area contributed by atoms with Crippen molar-refractivity contribution < 1.29 is 4.39 Å². The van der Waals surface area contributed by atoms with Gasteiger partial charge in [-0.1, -0.05) is 36.4 Å². The van der Waals surface area contributed by atoms with E-state index in [-0.39, 0.29) is 11.9 Å². The molecule has 1 fully saturated rings. The summed E-state index contributed by atoms with van der Waals surface area (Å²) in [6.07, 6.45) is 0. The summed E-state index contributed by atoms with van der Waals surface area (Å²) < 4.78 is 14.2. The van der Waals surface area contributed by atoms with Crippen LogP contribution in [0.2, 0.25) is 0 Å². The summed E-state index contributed by atoms with van der Waals surface area (Å²) in [5, 5.41) is 3.45. The number of aryl methyl sites for hydroxylation is 1. The van der Waals surface area contributed by atoms with Crippen LogP contribution in [0, 0.1) is 12.7 Å². The predicted octanol–water partition coefficient (Wildman–Crippen LogP) is 5.59. The first-order valence-corrected chi connectivity index (χ1v) is 10.9. The lowest BCUT2D eigenvalue weighted by Crippen LogP contribution is -2.48. The second-order valence-electron chi connectivity index (χ2n) is 7.60. The largest absolute Gasteiger partial charge is 0.367 e. The van der Waals surface area contributed by atoms with E-state index in [0.717, 1.165) is 26.2 Å². The van der Waals surface area contributed by atoms with E-state index in [1.165, 1.54) is 27.0 Å². The highest BCUT2D eigenvalue weighted by molar-refractivity contribution is 7.10. The fraction of sp³-hybridized carbons (Fsp3) is 0.250. The first-order valence-electron chi connectivity index (χ1n) is 10.1. The monoisotopic (exact) mass is 405 g/mol. The van der Waals surface area contributed by atoms with E-state index in [1.54, 1.807) is 12.1 Å². The third kappa shape index (κ3) is 3.34. The maximum Gasteiger partial charge on any atom is 0.146 e. The molecule has 1 aliphatic rings. The maximum absolute atomic E-state index is 14.2. The number of para-hydroxylation sites is 2. The topological polar surface area (TPSA) is 22.3 Å². The second kappa shape index (κ2) is 7.65. The van der Waals surface area contributed by atoms with Gasteiger partial charge < -0.3 is 9.88 Å². The van der Waals surface area contributed by atoms with E-state index in [1.807, 2.05) is 23.5 Å². The summed E-state index contributed by atoms with van der Waals surface area (Å²) in [6.45, 7) is 5.62. The van der Waals surface area contributed by atoms with Crippen LogP contribution in [0.5, 0.6) is 0 Å². The summed E-state index contributed by atoms with van der Waals surface area (Å²) in [4.78, 5) is 9.64. The number of aromatic amines is 1. The first-order chi connectivity index (χ1) is 14.2. The molecule has 1 atom stereocenters. The van der Waals surface area contributed by atoms with Gasteiger partial charge in [-0.3, -0.25) is 4.90 Å². The normalized spacial score (nSPS) is 16.4. The zero-order valence-corrected chi connectivity index (χ0v) is 17.3. The van der Waals surface area contributed by atoms with Gasteiger partial charge in [0.25, 0.3) is 0 Å². The highest BCUT2D eigenvalue weighted by Crippen LogP contribution is 2.38. The third-order valence-corrected chi connectivity index (χ3v) is 6.83. The van der Waals surface area contributed by atoms with Crippen molar-refractivity contribution in [2.75, 3.05) is 31.1 Å². The molecule has 0 saturated carbocycles. The standard InChI is InChI=1S/C24H24FN3S/c1-17-23(18-7-2-4-9-20(18)26-17)24(22-11-6-16-29-22)28-14-12-27(13-15-28)21-10-5-3-8-19(21)25/h2-11,16,24,26H,12-15H2,1H3/t24-/m1/s1. The maximum atomic E-state index is 14.2. The Kier molecular flexibility index (Phi) is 4.86. The lowest BCUT2D eigenvalue weighted by atomic mass is 9.99. The molecule has 1 saturated heterocycles. The predicted molar refractivity (Wildman–Crippen MR) is 119 cm³/mol. The van der Waals surface area contributed by atoms with Gasteiger partial charge in [-0.2, -0.15) is 0 Å². The average molecular weight is 406 g/mol. The Morgan fingerprint density at radius 1 is 0.931 bits per heavy atom. The van der Waals surface area contributed by atoms with Gasteiger partial charge in [0.2, 0.25) is 0 Å². The van der Waals surface area contributed by atoms with Crippen LogP contribution in [0.15, 0.2) is 66.0 Å². The fourth-order valence-electron chi connectivity index (χ4n) is 4.53. The van der Waals surface area contributed by atoms with Gasteiger partial charge in [0.05, 0.1) is 11.7 Å². The van der Waals surface area contributed by atoms with Crippen LogP contribution in [0.3, 0.4) is 0 Å². The smallest absolute Gasteiger partial charge is 0.146 e. The Morgan fingerprint density at radius 3 is 2.45 bits per heavy atom. The van der Waals surface area contributed by atoms with E-state index < -0.39 is 0 Å². The number of benzene rings is 2. The number of aromatic nitrogens is 1. The molecule has 4 aromatic rings. The molecular formula is C24H24FN3S. The van der Waals surface area contributed by atoms with Gasteiger partial charge in [0.1, 0.15) is 5.82 Å². The van der Waals surface area contributed by atoms with Crippen molar-refractivity contribution in [2.24, 2.45) is 0 Å². The van der Waals surface area contributed by atoms with E-state index >= 15 is 0 Å². The number of nitrogens with one attached hydrogen (secondary N) is 1. The average Bonchev–Trinajstić information content (AvgIpc) is 3.38. The molecule has 0 amide bonds. The zero-order valence-electron chi connectivity index (χ0n) is 16.4. The summed E-state index contributed by atoms with van der Waals surface area (Å²) >= 11 is 1.81. The molecule has 0 unspecified atom stereocenters. The molecule has 0 bridgehead atoms. The van der Waals surface area contributed by atoms with Gasteiger partial charge in [-0.15, -0.1) is 11.3 Å². The molecular weight excluding hydrogens is 381 g/mol. The van der Waals surface area contributed by atoms with E-state index in [9.17, 15) is 4.39 Å². The molecule has 0 aliphatic carbocycles. The van der Waals surface area contributed by atoms with Crippen LogP contribution < -0.4 is 4.90 Å². The summed E-state index contributed by atoms with van der Waals surface area (Å²) in [6, 6.07) is 20.2. The number of H-pyrrole nitrogens is 1. The number of nitrogens with zero attached hydrogens (tertiary/aromatic N) is 2. The number of thiophene rings is 1. The number of hydrogen-bond donors (Lipinski definition) is 1. The number of hydrogen-bond acceptors (Lipinski definition) is 3. The Balaban J connectivity index is 1.48. The Hall–Kier alpha value is -2.63. The summed E-state index contributed by atoms with van der Waals surface area (Å²) in [7, 11) is 0. The van der Waals surface area contributed by atoms with Gasteiger partial charge in [-0.25, -0.2) is 4.39 Å². The number of rotatable bonds is 4. The molecule has 0 radical (unpaired) electrons. The van der Waals surface area contributed by atoms with Gasteiger partial charge in [0, 0.05) is 53.2 Å². The fourth-order valence-corrected chi connectivity index (χ4v) is 5.40. The van der Waals surface area contributed by atoms with Crippen molar-refractivity contribution in [3.05, 3.63) is 88.0 Å². The molecule has 3 heterocycles. The van der Waals surface area contributed by atoms with Gasteiger partial charge >= 0.3 is 0 Å². The van der Waals surface area contributed by atoms with E-state index in [4.69, 9.17) is 0 Å². The highest BCUT2D eigenvalue weighted by Gasteiger charge is 2.30. The molecule has 5 heteroatoms. The zero-order chi connectivity index (χ0) is 19.8. The lowest BCUT2D eigenvalue weighted by molar-refractivity contribution is 0.215. The van der Waals surface area contributed by atoms with Crippen molar-refractivity contribution in [3.63, 3.8) is 0 Å². The minimum Gasteiger partial charge on any atom is -0.367 e. The third-order valence-electron chi connectivity index (χ3n) is 5.90.